The van der Waals surface area contributed by atoms with Gasteiger partial charge in [0.15, 0.2) is 0 Å². The molecule has 3 aromatic heterocycles. The second-order valence-corrected chi connectivity index (χ2v) is 6.80. The minimum Gasteiger partial charge on any atom is -0.355 e. The summed E-state index contributed by atoms with van der Waals surface area (Å²) in [6, 6.07) is 8.17. The second kappa shape index (κ2) is 7.01. The van der Waals surface area contributed by atoms with Crippen molar-refractivity contribution >= 4 is 17.3 Å². The Labute approximate surface area is 154 Å². The highest BCUT2D eigenvalue weighted by Gasteiger charge is 2.11. The van der Waals surface area contributed by atoms with E-state index in [0.717, 1.165) is 39.2 Å². The summed E-state index contributed by atoms with van der Waals surface area (Å²) in [5.41, 5.74) is 2.89. The van der Waals surface area contributed by atoms with Crippen LogP contribution in [0.4, 0.5) is 5.95 Å². The van der Waals surface area contributed by atoms with Crippen molar-refractivity contribution in [2.75, 3.05) is 11.9 Å². The van der Waals surface area contributed by atoms with Crippen LogP contribution < -0.4 is 5.32 Å². The van der Waals surface area contributed by atoms with E-state index in [1.807, 2.05) is 42.8 Å². The summed E-state index contributed by atoms with van der Waals surface area (Å²) in [5.74, 6) is 1.40. The van der Waals surface area contributed by atoms with Crippen molar-refractivity contribution in [2.24, 2.45) is 0 Å². The van der Waals surface area contributed by atoms with Crippen LogP contribution in [0.5, 0.6) is 0 Å². The van der Waals surface area contributed by atoms with Gasteiger partial charge < -0.3 is 5.32 Å². The normalized spacial score (nSPS) is 10.8. The molecule has 0 aliphatic rings. The molecule has 130 valence electrons. The van der Waals surface area contributed by atoms with Gasteiger partial charge in [0.1, 0.15) is 15.8 Å². The first-order valence-electron chi connectivity index (χ1n) is 8.25. The van der Waals surface area contributed by atoms with Gasteiger partial charge in [-0.1, -0.05) is 23.5 Å². The molecule has 7 nitrogen and oxygen atoms in total. The SMILES string of the molecule is CCNc1ncc(-c2nccn2-c2cccc(-c3nnc(C)s3)c2)cn1. The summed E-state index contributed by atoms with van der Waals surface area (Å²) in [6.45, 7) is 4.75. The van der Waals surface area contributed by atoms with Gasteiger partial charge in [-0.05, 0) is 26.0 Å². The summed E-state index contributed by atoms with van der Waals surface area (Å²) in [6.07, 6.45) is 7.26. The van der Waals surface area contributed by atoms with Gasteiger partial charge >= 0.3 is 0 Å². The van der Waals surface area contributed by atoms with E-state index >= 15 is 0 Å². The molecule has 0 saturated heterocycles. The van der Waals surface area contributed by atoms with Crippen molar-refractivity contribution in [1.29, 1.82) is 0 Å². The highest BCUT2D eigenvalue weighted by atomic mass is 32.1. The van der Waals surface area contributed by atoms with E-state index in [9.17, 15) is 0 Å². The molecule has 4 rings (SSSR count). The van der Waals surface area contributed by atoms with Gasteiger partial charge in [-0.15, -0.1) is 10.2 Å². The maximum Gasteiger partial charge on any atom is 0.222 e. The standard InChI is InChI=1S/C18H17N7S/c1-3-19-18-21-10-14(11-22-18)16-20-7-8-25(16)15-6-4-5-13(9-15)17-24-23-12(2)26-17/h4-11H,3H2,1-2H3,(H,19,21,22). The van der Waals surface area contributed by atoms with E-state index in [1.54, 1.807) is 29.9 Å². The molecule has 1 aromatic carbocycles. The molecule has 0 aliphatic heterocycles. The quantitative estimate of drug-likeness (QED) is 0.583. The van der Waals surface area contributed by atoms with Gasteiger partial charge in [0, 0.05) is 42.6 Å². The predicted octanol–water partition coefficient (Wildman–Crippen LogP) is 3.59. The van der Waals surface area contributed by atoms with Crippen molar-refractivity contribution in [2.45, 2.75) is 13.8 Å². The summed E-state index contributed by atoms with van der Waals surface area (Å²) in [4.78, 5) is 13.2. The number of aromatic nitrogens is 6. The number of hydrogen-bond acceptors (Lipinski definition) is 7. The van der Waals surface area contributed by atoms with Gasteiger partial charge in [-0.25, -0.2) is 15.0 Å². The number of imidazole rings is 1. The number of nitrogens with zero attached hydrogens (tertiary/aromatic N) is 6. The fourth-order valence-corrected chi connectivity index (χ4v) is 3.31. The molecule has 0 radical (unpaired) electrons. The third-order valence-corrected chi connectivity index (χ3v) is 4.67. The van der Waals surface area contributed by atoms with Crippen LogP contribution in [-0.4, -0.2) is 36.3 Å². The zero-order valence-electron chi connectivity index (χ0n) is 14.4. The van der Waals surface area contributed by atoms with Crippen LogP contribution in [0.2, 0.25) is 0 Å². The van der Waals surface area contributed by atoms with E-state index in [2.05, 4.69) is 36.5 Å². The Morgan fingerprint density at radius 2 is 1.92 bits per heavy atom. The average molecular weight is 363 g/mol. The summed E-state index contributed by atoms with van der Waals surface area (Å²) < 4.78 is 2.02. The largest absolute Gasteiger partial charge is 0.355 e. The molecule has 0 aliphatic carbocycles. The van der Waals surface area contributed by atoms with Gasteiger partial charge in [-0.3, -0.25) is 4.57 Å². The summed E-state index contributed by atoms with van der Waals surface area (Å²) in [7, 11) is 0. The average Bonchev–Trinajstić information content (AvgIpc) is 3.32. The van der Waals surface area contributed by atoms with Crippen molar-refractivity contribution in [3.63, 3.8) is 0 Å². The summed E-state index contributed by atoms with van der Waals surface area (Å²) >= 11 is 1.58. The molecule has 0 amide bonds. The number of aryl methyl sites for hydroxylation is 1. The minimum absolute atomic E-state index is 0.614. The fraction of sp³-hybridized carbons (Fsp3) is 0.167. The number of rotatable bonds is 5. The third-order valence-electron chi connectivity index (χ3n) is 3.78. The number of benzene rings is 1. The highest BCUT2D eigenvalue weighted by molar-refractivity contribution is 7.14. The molecule has 8 heteroatoms. The Morgan fingerprint density at radius 1 is 1.08 bits per heavy atom. The summed E-state index contributed by atoms with van der Waals surface area (Å²) in [5, 5.41) is 13.3. The van der Waals surface area contributed by atoms with Crippen LogP contribution in [0.25, 0.3) is 27.6 Å². The first kappa shape index (κ1) is 16.3. The van der Waals surface area contributed by atoms with Crippen molar-refractivity contribution in [3.8, 4) is 27.6 Å². The number of anilines is 1. The molecule has 0 saturated carbocycles. The lowest BCUT2D eigenvalue weighted by molar-refractivity contribution is 1.04. The number of hydrogen-bond donors (Lipinski definition) is 1. The van der Waals surface area contributed by atoms with Gasteiger partial charge in [0.25, 0.3) is 0 Å². The number of nitrogens with one attached hydrogen (secondary N) is 1. The molecule has 0 bridgehead atoms. The van der Waals surface area contributed by atoms with Crippen LogP contribution in [0, 0.1) is 6.92 Å². The second-order valence-electron chi connectivity index (χ2n) is 5.62. The van der Waals surface area contributed by atoms with Gasteiger partial charge in [0.2, 0.25) is 5.95 Å². The van der Waals surface area contributed by atoms with Gasteiger partial charge in [-0.2, -0.15) is 0 Å². The van der Waals surface area contributed by atoms with Crippen LogP contribution in [-0.2, 0) is 0 Å². The van der Waals surface area contributed by atoms with E-state index in [4.69, 9.17) is 0 Å². The maximum atomic E-state index is 4.48. The van der Waals surface area contributed by atoms with Crippen LogP contribution in [0.1, 0.15) is 11.9 Å². The molecule has 0 fully saturated rings. The first-order valence-corrected chi connectivity index (χ1v) is 9.07. The Bertz CT molecular complexity index is 1020. The predicted molar refractivity (Wildman–Crippen MR) is 102 cm³/mol. The fourth-order valence-electron chi connectivity index (χ4n) is 2.62. The van der Waals surface area contributed by atoms with Gasteiger partial charge in [0.05, 0.1) is 5.56 Å². The first-order chi connectivity index (χ1) is 12.7. The molecular formula is C18H17N7S. The Kier molecular flexibility index (Phi) is 4.40. The van der Waals surface area contributed by atoms with Crippen LogP contribution in [0.15, 0.2) is 49.1 Å². The lowest BCUT2D eigenvalue weighted by atomic mass is 10.2. The molecule has 0 unspecified atom stereocenters. The molecule has 26 heavy (non-hydrogen) atoms. The topological polar surface area (TPSA) is 81.4 Å². The van der Waals surface area contributed by atoms with Crippen molar-refractivity contribution in [1.82, 2.24) is 29.7 Å². The smallest absolute Gasteiger partial charge is 0.222 e. The Morgan fingerprint density at radius 3 is 2.65 bits per heavy atom. The Hall–Kier alpha value is -3.13. The highest BCUT2D eigenvalue weighted by Crippen LogP contribution is 2.27. The van der Waals surface area contributed by atoms with Crippen LogP contribution >= 0.6 is 11.3 Å². The molecular weight excluding hydrogens is 346 g/mol. The minimum atomic E-state index is 0.614. The molecule has 4 aromatic rings. The monoisotopic (exact) mass is 363 g/mol. The molecule has 0 spiro atoms. The Balaban J connectivity index is 1.71. The van der Waals surface area contributed by atoms with E-state index in [1.165, 1.54) is 0 Å². The maximum absolute atomic E-state index is 4.48. The lowest BCUT2D eigenvalue weighted by Crippen LogP contribution is -2.02. The van der Waals surface area contributed by atoms with E-state index in [-0.39, 0.29) is 0 Å². The van der Waals surface area contributed by atoms with Crippen molar-refractivity contribution in [3.05, 3.63) is 54.1 Å². The van der Waals surface area contributed by atoms with Crippen molar-refractivity contribution < 1.29 is 0 Å². The van der Waals surface area contributed by atoms with Crippen LogP contribution in [0.3, 0.4) is 0 Å². The molecule has 0 atom stereocenters. The molecule has 3 heterocycles. The zero-order valence-corrected chi connectivity index (χ0v) is 15.2. The zero-order chi connectivity index (χ0) is 17.9. The lowest BCUT2D eigenvalue weighted by Gasteiger charge is -2.09. The van der Waals surface area contributed by atoms with E-state index < -0.39 is 0 Å². The third kappa shape index (κ3) is 3.18. The molecule has 1 N–H and O–H groups in total. The van der Waals surface area contributed by atoms with E-state index in [0.29, 0.717) is 5.95 Å².